The van der Waals surface area contributed by atoms with Crippen LogP contribution in [0.2, 0.25) is 0 Å². The number of hydrogen-bond donors (Lipinski definition) is 0. The lowest BCUT2D eigenvalue weighted by molar-refractivity contribution is 0.0926. The lowest BCUT2D eigenvalue weighted by Gasteiger charge is -2.13. The van der Waals surface area contributed by atoms with E-state index in [0.717, 1.165) is 5.56 Å². The van der Waals surface area contributed by atoms with E-state index >= 15 is 0 Å². The molecule has 0 radical (unpaired) electrons. The van der Waals surface area contributed by atoms with Crippen LogP contribution in [-0.4, -0.2) is 11.8 Å². The van der Waals surface area contributed by atoms with Gasteiger partial charge in [-0.25, -0.2) is 4.90 Å². The number of anilines is 1. The van der Waals surface area contributed by atoms with Gasteiger partial charge in [-0.1, -0.05) is 54.3 Å². The zero-order chi connectivity index (χ0) is 17.2. The molecule has 0 N–H and O–H groups in total. The lowest BCUT2D eigenvalue weighted by Crippen LogP contribution is -2.29. The Morgan fingerprint density at radius 1 is 0.640 bits per heavy atom. The molecular formula is C22H13NO2. The molecule has 1 aliphatic rings. The van der Waals surface area contributed by atoms with Crippen molar-refractivity contribution in [2.75, 3.05) is 4.90 Å². The van der Waals surface area contributed by atoms with Gasteiger partial charge in [0.15, 0.2) is 0 Å². The fraction of sp³-hybridized carbons (Fsp3) is 0. The SMILES string of the molecule is O=C1c2cccc(C#Cc3ccccc3)c2C(=O)N1c1ccccc1. The van der Waals surface area contributed by atoms with Gasteiger partial charge in [0.2, 0.25) is 0 Å². The number of fused-ring (bicyclic) bond motifs is 1. The van der Waals surface area contributed by atoms with Gasteiger partial charge in [0, 0.05) is 11.1 Å². The third-order valence-electron chi connectivity index (χ3n) is 4.04. The van der Waals surface area contributed by atoms with Crippen LogP contribution in [0.15, 0.2) is 78.9 Å². The van der Waals surface area contributed by atoms with Crippen LogP contribution in [0.3, 0.4) is 0 Å². The Hall–Kier alpha value is -3.64. The fourth-order valence-electron chi connectivity index (χ4n) is 2.86. The van der Waals surface area contributed by atoms with E-state index in [9.17, 15) is 9.59 Å². The molecule has 0 saturated heterocycles. The molecule has 4 rings (SSSR count). The number of nitrogens with zero attached hydrogens (tertiary/aromatic N) is 1. The summed E-state index contributed by atoms with van der Waals surface area (Å²) in [6, 6.07) is 23.7. The summed E-state index contributed by atoms with van der Waals surface area (Å²) in [4.78, 5) is 26.8. The molecule has 0 saturated carbocycles. The molecule has 0 fully saturated rings. The number of carbonyl (C=O) groups is 2. The first-order valence-electron chi connectivity index (χ1n) is 7.89. The van der Waals surface area contributed by atoms with E-state index in [1.165, 1.54) is 4.90 Å². The van der Waals surface area contributed by atoms with Gasteiger partial charge < -0.3 is 0 Å². The Bertz CT molecular complexity index is 1030. The molecule has 25 heavy (non-hydrogen) atoms. The van der Waals surface area contributed by atoms with Crippen LogP contribution < -0.4 is 4.90 Å². The molecule has 0 atom stereocenters. The number of rotatable bonds is 1. The van der Waals surface area contributed by atoms with E-state index in [1.807, 2.05) is 36.4 Å². The number of imide groups is 1. The van der Waals surface area contributed by atoms with Gasteiger partial charge in [0.1, 0.15) is 0 Å². The number of benzene rings is 3. The molecule has 2 amide bonds. The molecule has 1 heterocycles. The maximum absolute atomic E-state index is 12.9. The first-order valence-corrected chi connectivity index (χ1v) is 7.89. The van der Waals surface area contributed by atoms with Crippen LogP contribution in [0.1, 0.15) is 31.8 Å². The molecule has 118 valence electrons. The lowest BCUT2D eigenvalue weighted by atomic mass is 10.0. The number of para-hydroxylation sites is 1. The molecule has 0 spiro atoms. The summed E-state index contributed by atoms with van der Waals surface area (Å²) in [5, 5.41) is 0. The van der Waals surface area contributed by atoms with Crippen molar-refractivity contribution in [3.8, 4) is 11.8 Å². The Kier molecular flexibility index (Phi) is 3.64. The second-order valence-electron chi connectivity index (χ2n) is 5.63. The van der Waals surface area contributed by atoms with Gasteiger partial charge in [0.25, 0.3) is 11.8 Å². The van der Waals surface area contributed by atoms with E-state index in [1.54, 1.807) is 42.5 Å². The molecular weight excluding hydrogens is 310 g/mol. The third-order valence-corrected chi connectivity index (χ3v) is 4.04. The third kappa shape index (κ3) is 2.60. The van der Waals surface area contributed by atoms with Crippen molar-refractivity contribution in [3.63, 3.8) is 0 Å². The van der Waals surface area contributed by atoms with E-state index in [-0.39, 0.29) is 11.8 Å². The highest BCUT2D eigenvalue weighted by molar-refractivity contribution is 6.35. The Morgan fingerprint density at radius 3 is 2.04 bits per heavy atom. The Labute approximate surface area is 145 Å². The van der Waals surface area contributed by atoms with Crippen molar-refractivity contribution in [2.45, 2.75) is 0 Å². The highest BCUT2D eigenvalue weighted by Gasteiger charge is 2.38. The summed E-state index contributed by atoms with van der Waals surface area (Å²) in [6.07, 6.45) is 0. The van der Waals surface area contributed by atoms with E-state index in [4.69, 9.17) is 0 Å². The zero-order valence-corrected chi connectivity index (χ0v) is 13.3. The minimum atomic E-state index is -0.329. The number of carbonyl (C=O) groups excluding carboxylic acids is 2. The van der Waals surface area contributed by atoms with Crippen molar-refractivity contribution in [1.29, 1.82) is 0 Å². The molecule has 1 aliphatic heterocycles. The van der Waals surface area contributed by atoms with Gasteiger partial charge in [-0.3, -0.25) is 9.59 Å². The first-order chi connectivity index (χ1) is 12.3. The summed E-state index contributed by atoms with van der Waals surface area (Å²) < 4.78 is 0. The van der Waals surface area contributed by atoms with Crippen molar-refractivity contribution in [3.05, 3.63) is 101 Å². The molecule has 3 heteroatoms. The topological polar surface area (TPSA) is 37.4 Å². The summed E-state index contributed by atoms with van der Waals surface area (Å²) in [5.74, 6) is 5.44. The maximum atomic E-state index is 12.9. The smallest absolute Gasteiger partial charge is 0.267 e. The van der Waals surface area contributed by atoms with Crippen LogP contribution in [0.4, 0.5) is 5.69 Å². The van der Waals surface area contributed by atoms with Gasteiger partial charge >= 0.3 is 0 Å². The van der Waals surface area contributed by atoms with Crippen molar-refractivity contribution >= 4 is 17.5 Å². The standard InChI is InChI=1S/C22H13NO2/c24-21-19-13-7-10-17(15-14-16-8-3-1-4-9-16)20(19)22(25)23(21)18-11-5-2-6-12-18/h1-13H. The van der Waals surface area contributed by atoms with E-state index in [0.29, 0.717) is 22.4 Å². The summed E-state index contributed by atoms with van der Waals surface area (Å²) in [6.45, 7) is 0. The zero-order valence-electron chi connectivity index (χ0n) is 13.3. The van der Waals surface area contributed by atoms with E-state index in [2.05, 4.69) is 11.8 Å². The maximum Gasteiger partial charge on any atom is 0.267 e. The molecule has 3 nitrogen and oxygen atoms in total. The van der Waals surface area contributed by atoms with Crippen molar-refractivity contribution < 1.29 is 9.59 Å². The van der Waals surface area contributed by atoms with Gasteiger partial charge in [-0.05, 0) is 36.4 Å². The largest absolute Gasteiger partial charge is 0.268 e. The van der Waals surface area contributed by atoms with Crippen molar-refractivity contribution in [1.82, 2.24) is 0 Å². The van der Waals surface area contributed by atoms with Gasteiger partial charge in [0.05, 0.1) is 16.8 Å². The number of amides is 2. The normalized spacial score (nSPS) is 12.6. The average molecular weight is 323 g/mol. The quantitative estimate of drug-likeness (QED) is 0.503. The Morgan fingerprint density at radius 2 is 1.32 bits per heavy atom. The van der Waals surface area contributed by atoms with Crippen LogP contribution in [0.5, 0.6) is 0 Å². The molecule has 3 aromatic carbocycles. The molecule has 0 aromatic heterocycles. The predicted octanol–water partition coefficient (Wildman–Crippen LogP) is 3.89. The van der Waals surface area contributed by atoms with Crippen LogP contribution in [0.25, 0.3) is 0 Å². The Balaban J connectivity index is 1.79. The second kappa shape index (κ2) is 6.10. The minimum Gasteiger partial charge on any atom is -0.268 e. The van der Waals surface area contributed by atoms with Crippen LogP contribution in [-0.2, 0) is 0 Å². The van der Waals surface area contributed by atoms with Gasteiger partial charge in [-0.2, -0.15) is 0 Å². The van der Waals surface area contributed by atoms with Crippen molar-refractivity contribution in [2.24, 2.45) is 0 Å². The van der Waals surface area contributed by atoms with E-state index < -0.39 is 0 Å². The van der Waals surface area contributed by atoms with Gasteiger partial charge in [-0.15, -0.1) is 0 Å². The molecule has 0 unspecified atom stereocenters. The van der Waals surface area contributed by atoms with Crippen LogP contribution >= 0.6 is 0 Å². The highest BCUT2D eigenvalue weighted by Crippen LogP contribution is 2.30. The molecule has 0 aliphatic carbocycles. The summed E-state index contributed by atoms with van der Waals surface area (Å²) >= 11 is 0. The first kappa shape index (κ1) is 14.9. The molecule has 0 bridgehead atoms. The second-order valence-corrected chi connectivity index (χ2v) is 5.63. The number of hydrogen-bond acceptors (Lipinski definition) is 2. The monoisotopic (exact) mass is 323 g/mol. The molecule has 3 aromatic rings. The average Bonchev–Trinajstić information content (AvgIpc) is 2.93. The highest BCUT2D eigenvalue weighted by atomic mass is 16.2. The van der Waals surface area contributed by atoms with Crippen LogP contribution in [0, 0.1) is 11.8 Å². The predicted molar refractivity (Wildman–Crippen MR) is 96.4 cm³/mol. The summed E-state index contributed by atoms with van der Waals surface area (Å²) in [5.41, 5.74) is 2.76. The fourth-order valence-corrected chi connectivity index (χ4v) is 2.86. The minimum absolute atomic E-state index is 0.311. The summed E-state index contributed by atoms with van der Waals surface area (Å²) in [7, 11) is 0.